The number of benzene rings is 1. The standard InChI is InChI=1S/C18H30N4O3S2.HI/c1-3-19-18(21-15-16-7-5-6-8-17(16)25-4-2)20-9-14-27(23,24)22-10-12-26-13-11-22;/h5-8H,3-4,9-15H2,1-2H3,(H2,19,20,21);1H. The molecule has 0 saturated carbocycles. The molecule has 0 aliphatic carbocycles. The highest BCUT2D eigenvalue weighted by Gasteiger charge is 2.23. The van der Waals surface area contributed by atoms with Crippen molar-refractivity contribution in [2.24, 2.45) is 4.99 Å². The zero-order chi connectivity index (χ0) is 19.5. The topological polar surface area (TPSA) is 83.0 Å². The second kappa shape index (κ2) is 13.5. The molecular formula is C18H31IN4O3S2. The summed E-state index contributed by atoms with van der Waals surface area (Å²) in [5.74, 6) is 3.24. The van der Waals surface area contributed by atoms with Crippen LogP contribution >= 0.6 is 35.7 Å². The zero-order valence-corrected chi connectivity index (χ0v) is 20.5. The fraction of sp³-hybridized carbons (Fsp3) is 0.611. The lowest BCUT2D eigenvalue weighted by Crippen LogP contribution is -2.44. The van der Waals surface area contributed by atoms with Gasteiger partial charge in [-0.3, -0.25) is 0 Å². The SMILES string of the molecule is CCNC(=NCc1ccccc1OCC)NCCS(=O)(=O)N1CCSCC1.I. The summed E-state index contributed by atoms with van der Waals surface area (Å²) in [5, 5.41) is 6.28. The third-order valence-electron chi connectivity index (χ3n) is 4.04. The van der Waals surface area contributed by atoms with Gasteiger partial charge in [0.2, 0.25) is 10.0 Å². The Morgan fingerprint density at radius 1 is 1.21 bits per heavy atom. The van der Waals surface area contributed by atoms with Crippen molar-refractivity contribution in [1.82, 2.24) is 14.9 Å². The maximum absolute atomic E-state index is 12.4. The van der Waals surface area contributed by atoms with Crippen molar-refractivity contribution in [3.05, 3.63) is 29.8 Å². The molecule has 1 aliphatic rings. The first-order valence-electron chi connectivity index (χ1n) is 9.35. The Morgan fingerprint density at radius 2 is 1.93 bits per heavy atom. The molecule has 1 aliphatic heterocycles. The summed E-state index contributed by atoms with van der Waals surface area (Å²) in [7, 11) is -3.22. The van der Waals surface area contributed by atoms with Crippen molar-refractivity contribution < 1.29 is 13.2 Å². The van der Waals surface area contributed by atoms with Gasteiger partial charge in [-0.05, 0) is 19.9 Å². The van der Waals surface area contributed by atoms with Crippen LogP contribution in [0.1, 0.15) is 19.4 Å². The van der Waals surface area contributed by atoms with Gasteiger partial charge in [-0.25, -0.2) is 17.7 Å². The van der Waals surface area contributed by atoms with E-state index in [0.717, 1.165) is 22.8 Å². The Labute approximate surface area is 190 Å². The van der Waals surface area contributed by atoms with E-state index in [1.807, 2.05) is 38.1 Å². The number of guanidine groups is 1. The van der Waals surface area contributed by atoms with E-state index in [2.05, 4.69) is 15.6 Å². The van der Waals surface area contributed by atoms with Crippen LogP contribution in [0.2, 0.25) is 0 Å². The number of ether oxygens (including phenoxy) is 1. The summed E-state index contributed by atoms with van der Waals surface area (Å²) < 4.78 is 32.1. The van der Waals surface area contributed by atoms with Gasteiger partial charge >= 0.3 is 0 Å². The van der Waals surface area contributed by atoms with Crippen molar-refractivity contribution in [1.29, 1.82) is 0 Å². The molecule has 28 heavy (non-hydrogen) atoms. The number of nitrogens with zero attached hydrogens (tertiary/aromatic N) is 2. The number of hydrogen-bond donors (Lipinski definition) is 2. The summed E-state index contributed by atoms with van der Waals surface area (Å²) >= 11 is 1.80. The lowest BCUT2D eigenvalue weighted by Gasteiger charge is -2.25. The van der Waals surface area contributed by atoms with Crippen molar-refractivity contribution in [3.8, 4) is 5.75 Å². The van der Waals surface area contributed by atoms with E-state index in [1.165, 1.54) is 0 Å². The molecular weight excluding hydrogens is 511 g/mol. The van der Waals surface area contributed by atoms with Gasteiger partial charge in [-0.1, -0.05) is 18.2 Å². The van der Waals surface area contributed by atoms with E-state index >= 15 is 0 Å². The van der Waals surface area contributed by atoms with Crippen molar-refractivity contribution >= 4 is 51.7 Å². The fourth-order valence-corrected chi connectivity index (χ4v) is 5.18. The van der Waals surface area contributed by atoms with E-state index < -0.39 is 10.0 Å². The minimum atomic E-state index is -3.22. The highest BCUT2D eigenvalue weighted by Crippen LogP contribution is 2.18. The minimum Gasteiger partial charge on any atom is -0.494 e. The van der Waals surface area contributed by atoms with Gasteiger partial charge in [0.15, 0.2) is 5.96 Å². The fourth-order valence-electron chi connectivity index (χ4n) is 2.69. The molecule has 10 heteroatoms. The first-order chi connectivity index (χ1) is 13.1. The summed E-state index contributed by atoms with van der Waals surface area (Å²) in [6, 6.07) is 7.80. The lowest BCUT2D eigenvalue weighted by molar-refractivity contribution is 0.336. The molecule has 0 unspecified atom stereocenters. The molecule has 0 bridgehead atoms. The molecule has 1 heterocycles. The van der Waals surface area contributed by atoms with E-state index in [9.17, 15) is 8.42 Å². The highest BCUT2D eigenvalue weighted by molar-refractivity contribution is 14.0. The third kappa shape index (κ3) is 8.34. The van der Waals surface area contributed by atoms with Gasteiger partial charge in [0, 0.05) is 43.2 Å². The average Bonchev–Trinajstić information content (AvgIpc) is 2.68. The van der Waals surface area contributed by atoms with Crippen LogP contribution in [0.4, 0.5) is 0 Å². The van der Waals surface area contributed by atoms with Crippen LogP contribution in [0.5, 0.6) is 5.75 Å². The van der Waals surface area contributed by atoms with Crippen molar-refractivity contribution in [2.45, 2.75) is 20.4 Å². The first kappa shape index (κ1) is 25.3. The number of halogens is 1. The van der Waals surface area contributed by atoms with Crippen molar-refractivity contribution in [3.63, 3.8) is 0 Å². The highest BCUT2D eigenvalue weighted by atomic mass is 127. The molecule has 1 saturated heterocycles. The van der Waals surface area contributed by atoms with Crippen LogP contribution in [0, 0.1) is 0 Å². The molecule has 2 N–H and O–H groups in total. The van der Waals surface area contributed by atoms with Gasteiger partial charge in [0.1, 0.15) is 5.75 Å². The van der Waals surface area contributed by atoms with Crippen LogP contribution in [0.25, 0.3) is 0 Å². The van der Waals surface area contributed by atoms with E-state index in [-0.39, 0.29) is 29.7 Å². The molecule has 1 aromatic rings. The Hall–Kier alpha value is -0.720. The van der Waals surface area contributed by atoms with Crippen LogP contribution in [0.15, 0.2) is 29.3 Å². The number of para-hydroxylation sites is 1. The van der Waals surface area contributed by atoms with E-state index in [1.54, 1.807) is 16.1 Å². The summed E-state index contributed by atoms with van der Waals surface area (Å²) in [6.07, 6.45) is 0. The second-order valence-corrected chi connectivity index (χ2v) is 9.30. The molecule has 0 atom stereocenters. The van der Waals surface area contributed by atoms with Gasteiger partial charge in [-0.15, -0.1) is 24.0 Å². The minimum absolute atomic E-state index is 0. The quantitative estimate of drug-likeness (QED) is 0.283. The van der Waals surface area contributed by atoms with Crippen LogP contribution in [0.3, 0.4) is 0 Å². The normalized spacial score (nSPS) is 15.6. The molecule has 0 aromatic heterocycles. The third-order valence-corrected chi connectivity index (χ3v) is 6.85. The molecule has 0 radical (unpaired) electrons. The van der Waals surface area contributed by atoms with Crippen LogP contribution in [-0.4, -0.2) is 68.7 Å². The largest absolute Gasteiger partial charge is 0.494 e. The summed E-state index contributed by atoms with van der Waals surface area (Å²) in [4.78, 5) is 4.56. The van der Waals surface area contributed by atoms with Gasteiger partial charge in [0.05, 0.1) is 18.9 Å². The average molecular weight is 543 g/mol. The number of hydrogen-bond acceptors (Lipinski definition) is 5. The Balaban J connectivity index is 0.00000392. The smallest absolute Gasteiger partial charge is 0.215 e. The predicted octanol–water partition coefficient (Wildman–Crippen LogP) is 2.14. The number of aliphatic imine (C=N–C) groups is 1. The molecule has 160 valence electrons. The number of rotatable bonds is 9. The maximum atomic E-state index is 12.4. The monoisotopic (exact) mass is 542 g/mol. The van der Waals surface area contributed by atoms with Crippen LogP contribution in [-0.2, 0) is 16.6 Å². The van der Waals surface area contributed by atoms with Crippen molar-refractivity contribution in [2.75, 3.05) is 50.0 Å². The Bertz CT molecular complexity index is 711. The summed E-state index contributed by atoms with van der Waals surface area (Å²) in [6.45, 7) is 7.23. The van der Waals surface area contributed by atoms with E-state index in [4.69, 9.17) is 4.74 Å². The Morgan fingerprint density at radius 3 is 2.61 bits per heavy atom. The van der Waals surface area contributed by atoms with Gasteiger partial charge in [-0.2, -0.15) is 11.8 Å². The van der Waals surface area contributed by atoms with Gasteiger partial charge < -0.3 is 15.4 Å². The Kier molecular flexibility index (Phi) is 12.2. The maximum Gasteiger partial charge on any atom is 0.215 e. The molecule has 0 spiro atoms. The predicted molar refractivity (Wildman–Crippen MR) is 129 cm³/mol. The molecule has 1 fully saturated rings. The second-order valence-electron chi connectivity index (χ2n) is 5.99. The first-order valence-corrected chi connectivity index (χ1v) is 12.1. The number of nitrogens with one attached hydrogen (secondary N) is 2. The number of sulfonamides is 1. The van der Waals surface area contributed by atoms with Gasteiger partial charge in [0.25, 0.3) is 0 Å². The number of thioether (sulfide) groups is 1. The zero-order valence-electron chi connectivity index (χ0n) is 16.5. The van der Waals surface area contributed by atoms with Crippen LogP contribution < -0.4 is 15.4 Å². The molecule has 0 amide bonds. The van der Waals surface area contributed by atoms with E-state index in [0.29, 0.717) is 45.3 Å². The summed E-state index contributed by atoms with van der Waals surface area (Å²) in [5.41, 5.74) is 0.995. The molecule has 1 aromatic carbocycles. The molecule has 2 rings (SSSR count). The molecule has 7 nitrogen and oxygen atoms in total. The lowest BCUT2D eigenvalue weighted by atomic mass is 10.2.